The normalized spacial score (nSPS) is 11.7. The first-order valence-electron chi connectivity index (χ1n) is 6.53. The lowest BCUT2D eigenvalue weighted by Crippen LogP contribution is -1.92. The van der Waals surface area contributed by atoms with Crippen LogP contribution < -0.4 is 0 Å². The quantitative estimate of drug-likeness (QED) is 0.530. The van der Waals surface area contributed by atoms with Gasteiger partial charge in [-0.3, -0.25) is 10.1 Å². The van der Waals surface area contributed by atoms with E-state index in [1.807, 2.05) is 30.3 Å². The first kappa shape index (κ1) is 12.4. The Bertz CT molecular complexity index is 831. The summed E-state index contributed by atoms with van der Waals surface area (Å²) in [5, 5.41) is 12.7. The average molecular weight is 266 g/mol. The fourth-order valence-electron chi connectivity index (χ4n) is 2.66. The molecule has 0 saturated carbocycles. The topological polar surface area (TPSA) is 48.1 Å². The number of rotatable bonds is 3. The van der Waals surface area contributed by atoms with E-state index in [9.17, 15) is 10.1 Å². The lowest BCUT2D eigenvalue weighted by molar-refractivity contribution is -0.400. The van der Waals surface area contributed by atoms with Crippen molar-refractivity contribution in [1.82, 2.24) is 4.57 Å². The van der Waals surface area contributed by atoms with Gasteiger partial charge in [0.15, 0.2) is 0 Å². The minimum absolute atomic E-state index is 0.445. The zero-order valence-electron chi connectivity index (χ0n) is 11.1. The second-order valence-corrected chi connectivity index (χ2v) is 4.64. The van der Waals surface area contributed by atoms with Gasteiger partial charge in [0, 0.05) is 34.4 Å². The molecule has 0 amide bonds. The Morgan fingerprint density at radius 3 is 2.65 bits per heavy atom. The van der Waals surface area contributed by atoms with Gasteiger partial charge in [0.2, 0.25) is 6.20 Å². The Balaban J connectivity index is 2.28. The standard InChI is InChI=1S/C16H14N2O2/c1-2-17-15-6-4-3-5-13(15)14-11-12(7-8-16(14)17)9-10-18(19)20/h3-11H,2H2,1H3/b10-9-. The Morgan fingerprint density at radius 2 is 1.90 bits per heavy atom. The van der Waals surface area contributed by atoms with Crippen LogP contribution in [0.25, 0.3) is 27.9 Å². The van der Waals surface area contributed by atoms with Crippen LogP contribution in [0.2, 0.25) is 0 Å². The fourth-order valence-corrected chi connectivity index (χ4v) is 2.66. The summed E-state index contributed by atoms with van der Waals surface area (Å²) in [4.78, 5) is 9.97. The Morgan fingerprint density at radius 1 is 1.15 bits per heavy atom. The van der Waals surface area contributed by atoms with Crippen LogP contribution in [-0.2, 0) is 6.54 Å². The van der Waals surface area contributed by atoms with Gasteiger partial charge >= 0.3 is 0 Å². The van der Waals surface area contributed by atoms with E-state index in [4.69, 9.17) is 0 Å². The maximum absolute atomic E-state index is 10.4. The summed E-state index contributed by atoms with van der Waals surface area (Å²) in [7, 11) is 0. The average Bonchev–Trinajstić information content (AvgIpc) is 2.78. The lowest BCUT2D eigenvalue weighted by atomic mass is 10.1. The molecule has 4 nitrogen and oxygen atoms in total. The van der Waals surface area contributed by atoms with Crippen LogP contribution in [0.4, 0.5) is 0 Å². The molecule has 0 radical (unpaired) electrons. The molecule has 20 heavy (non-hydrogen) atoms. The van der Waals surface area contributed by atoms with Crippen LogP contribution in [0.5, 0.6) is 0 Å². The molecule has 0 N–H and O–H groups in total. The van der Waals surface area contributed by atoms with Crippen LogP contribution in [0.3, 0.4) is 0 Å². The predicted octanol–water partition coefficient (Wildman–Crippen LogP) is 4.06. The highest BCUT2D eigenvalue weighted by molar-refractivity contribution is 6.08. The highest BCUT2D eigenvalue weighted by Gasteiger charge is 2.08. The van der Waals surface area contributed by atoms with Crippen molar-refractivity contribution in [1.29, 1.82) is 0 Å². The molecule has 100 valence electrons. The molecular formula is C16H14N2O2. The minimum atomic E-state index is -0.445. The van der Waals surface area contributed by atoms with Gasteiger partial charge in [-0.2, -0.15) is 0 Å². The van der Waals surface area contributed by atoms with Crippen molar-refractivity contribution < 1.29 is 4.92 Å². The molecule has 3 rings (SSSR count). The van der Waals surface area contributed by atoms with Gasteiger partial charge in [-0.25, -0.2) is 0 Å². The zero-order valence-corrected chi connectivity index (χ0v) is 11.1. The third-order valence-electron chi connectivity index (χ3n) is 3.50. The summed E-state index contributed by atoms with van der Waals surface area (Å²) in [6, 6.07) is 14.2. The second kappa shape index (κ2) is 4.81. The third-order valence-corrected chi connectivity index (χ3v) is 3.50. The maximum atomic E-state index is 10.4. The van der Waals surface area contributed by atoms with Gasteiger partial charge in [-0.15, -0.1) is 0 Å². The molecule has 3 aromatic rings. The summed E-state index contributed by atoms with van der Waals surface area (Å²) in [5.41, 5.74) is 3.19. The van der Waals surface area contributed by atoms with E-state index < -0.39 is 4.92 Å². The summed E-state index contributed by atoms with van der Waals surface area (Å²) < 4.78 is 2.26. The molecular weight excluding hydrogens is 252 g/mol. The number of nitrogens with zero attached hydrogens (tertiary/aromatic N) is 2. The van der Waals surface area contributed by atoms with Crippen molar-refractivity contribution in [2.45, 2.75) is 13.5 Å². The Labute approximate surface area is 116 Å². The van der Waals surface area contributed by atoms with Gasteiger partial charge in [0.1, 0.15) is 0 Å². The highest BCUT2D eigenvalue weighted by atomic mass is 16.6. The molecule has 0 atom stereocenters. The second-order valence-electron chi connectivity index (χ2n) is 4.64. The summed E-state index contributed by atoms with van der Waals surface area (Å²) >= 11 is 0. The van der Waals surface area contributed by atoms with Gasteiger partial charge in [-0.05, 0) is 30.7 Å². The van der Waals surface area contributed by atoms with Crippen molar-refractivity contribution in [3.05, 3.63) is 64.3 Å². The molecule has 0 aliphatic rings. The van der Waals surface area contributed by atoms with Crippen molar-refractivity contribution in [2.24, 2.45) is 0 Å². The van der Waals surface area contributed by atoms with Gasteiger partial charge in [-0.1, -0.05) is 24.3 Å². The fraction of sp³-hybridized carbons (Fsp3) is 0.125. The smallest absolute Gasteiger partial charge is 0.235 e. The molecule has 1 aromatic heterocycles. The zero-order chi connectivity index (χ0) is 14.1. The van der Waals surface area contributed by atoms with E-state index in [-0.39, 0.29) is 0 Å². The van der Waals surface area contributed by atoms with Crippen molar-refractivity contribution >= 4 is 27.9 Å². The monoisotopic (exact) mass is 266 g/mol. The van der Waals surface area contributed by atoms with E-state index in [2.05, 4.69) is 23.6 Å². The van der Waals surface area contributed by atoms with E-state index in [0.717, 1.165) is 29.2 Å². The van der Waals surface area contributed by atoms with E-state index >= 15 is 0 Å². The SMILES string of the molecule is CCn1c2ccccc2c2cc(/C=C\[N+](=O)[O-])ccc21. The highest BCUT2D eigenvalue weighted by Crippen LogP contribution is 2.29. The van der Waals surface area contributed by atoms with Gasteiger partial charge < -0.3 is 4.57 Å². The van der Waals surface area contributed by atoms with E-state index in [0.29, 0.717) is 0 Å². The van der Waals surface area contributed by atoms with Crippen LogP contribution in [-0.4, -0.2) is 9.49 Å². The number of benzene rings is 2. The molecule has 0 aliphatic heterocycles. The molecule has 2 aromatic carbocycles. The minimum Gasteiger partial charge on any atom is -0.341 e. The summed E-state index contributed by atoms with van der Waals surface area (Å²) in [6.45, 7) is 3.01. The van der Waals surface area contributed by atoms with Gasteiger partial charge in [0.05, 0.1) is 4.92 Å². The molecule has 0 saturated heterocycles. The Kier molecular flexibility index (Phi) is 2.99. The molecule has 4 heteroatoms. The third kappa shape index (κ3) is 1.95. The number of hydrogen-bond acceptors (Lipinski definition) is 2. The van der Waals surface area contributed by atoms with Crippen LogP contribution >= 0.6 is 0 Å². The Hall–Kier alpha value is -2.62. The number of fused-ring (bicyclic) bond motifs is 3. The van der Waals surface area contributed by atoms with E-state index in [1.165, 1.54) is 17.0 Å². The molecule has 0 bridgehead atoms. The first-order chi connectivity index (χ1) is 9.70. The molecule has 1 heterocycles. The number of hydrogen-bond donors (Lipinski definition) is 0. The molecule has 0 aliphatic carbocycles. The van der Waals surface area contributed by atoms with Gasteiger partial charge in [0.25, 0.3) is 0 Å². The van der Waals surface area contributed by atoms with Crippen molar-refractivity contribution in [2.75, 3.05) is 0 Å². The first-order valence-corrected chi connectivity index (χ1v) is 6.53. The van der Waals surface area contributed by atoms with E-state index in [1.54, 1.807) is 0 Å². The molecule has 0 spiro atoms. The van der Waals surface area contributed by atoms with Crippen LogP contribution in [0.1, 0.15) is 12.5 Å². The number of para-hydroxylation sites is 1. The number of aromatic nitrogens is 1. The number of aryl methyl sites for hydroxylation is 1. The largest absolute Gasteiger partial charge is 0.341 e. The van der Waals surface area contributed by atoms with Crippen molar-refractivity contribution in [3.63, 3.8) is 0 Å². The predicted molar refractivity (Wildman–Crippen MR) is 81.1 cm³/mol. The summed E-state index contributed by atoms with van der Waals surface area (Å²) in [5.74, 6) is 0. The lowest BCUT2D eigenvalue weighted by Gasteiger charge is -2.02. The van der Waals surface area contributed by atoms with Crippen LogP contribution in [0.15, 0.2) is 48.7 Å². The molecule has 0 fully saturated rings. The van der Waals surface area contributed by atoms with Crippen molar-refractivity contribution in [3.8, 4) is 0 Å². The number of nitro groups is 1. The van der Waals surface area contributed by atoms with Crippen LogP contribution in [0, 0.1) is 10.1 Å². The molecule has 0 unspecified atom stereocenters. The maximum Gasteiger partial charge on any atom is 0.235 e. The summed E-state index contributed by atoms with van der Waals surface area (Å²) in [6.07, 6.45) is 2.50.